The van der Waals surface area contributed by atoms with Crippen molar-refractivity contribution in [3.63, 3.8) is 0 Å². The van der Waals surface area contributed by atoms with Crippen molar-refractivity contribution in [1.29, 1.82) is 0 Å². The van der Waals surface area contributed by atoms with Crippen molar-refractivity contribution in [2.75, 3.05) is 26.3 Å². The van der Waals surface area contributed by atoms with Crippen LogP contribution in [0.25, 0.3) is 0 Å². The number of hydrogen-bond acceptors (Lipinski definition) is 4. The first kappa shape index (κ1) is 14.5. The minimum Gasteiger partial charge on any atom is -0.444 e. The second kappa shape index (κ2) is 5.84. The van der Waals surface area contributed by atoms with Crippen LogP contribution in [-0.4, -0.2) is 64.4 Å². The number of aliphatic hydroxyl groups excluding tert-OH is 1. The summed E-state index contributed by atoms with van der Waals surface area (Å²) in [6.45, 7) is 6.91. The van der Waals surface area contributed by atoms with E-state index in [0.717, 1.165) is 0 Å². The highest BCUT2D eigenvalue weighted by Crippen LogP contribution is 2.18. The summed E-state index contributed by atoms with van der Waals surface area (Å²) in [6.07, 6.45) is -0.527. The third-order valence-corrected chi connectivity index (χ3v) is 2.94. The number of carbonyl (C=O) groups excluding carboxylic acids is 1. The number of nitrogens with zero attached hydrogens (tertiary/aromatic N) is 1. The maximum absolute atomic E-state index is 11.8. The van der Waals surface area contributed by atoms with Crippen molar-refractivity contribution < 1.29 is 19.4 Å². The largest absolute Gasteiger partial charge is 0.444 e. The molecule has 1 aliphatic heterocycles. The molecule has 0 aliphatic carbocycles. The predicted octanol–water partition coefficient (Wildman–Crippen LogP) is 0.572. The molecule has 1 saturated heterocycles. The number of amides is 1. The van der Waals surface area contributed by atoms with Crippen LogP contribution in [0, 0.1) is 0 Å². The highest BCUT2D eigenvalue weighted by atomic mass is 28.1. The van der Waals surface area contributed by atoms with Crippen LogP contribution >= 0.6 is 0 Å². The third kappa shape index (κ3) is 4.65. The summed E-state index contributed by atoms with van der Waals surface area (Å²) < 4.78 is 10.8. The molecule has 0 spiro atoms. The molecule has 1 heterocycles. The Morgan fingerprint density at radius 3 is 2.82 bits per heavy atom. The van der Waals surface area contributed by atoms with Crippen molar-refractivity contribution in [3.8, 4) is 0 Å². The summed E-state index contributed by atoms with van der Waals surface area (Å²) in [5, 5.41) is 9.04. The van der Waals surface area contributed by atoms with E-state index in [1.54, 1.807) is 4.90 Å². The molecule has 6 heteroatoms. The summed E-state index contributed by atoms with van der Waals surface area (Å²) in [6, 6.07) is 0. The summed E-state index contributed by atoms with van der Waals surface area (Å²) in [4.78, 5) is 13.5. The van der Waals surface area contributed by atoms with Gasteiger partial charge in [0.1, 0.15) is 5.60 Å². The third-order valence-electron chi connectivity index (χ3n) is 2.39. The van der Waals surface area contributed by atoms with Gasteiger partial charge in [0, 0.05) is 23.4 Å². The zero-order valence-corrected chi connectivity index (χ0v) is 11.6. The molecule has 0 aromatic heterocycles. The first-order valence-corrected chi connectivity index (χ1v) is 6.32. The Morgan fingerprint density at radius 2 is 2.29 bits per heavy atom. The Bertz CT molecular complexity index is 267. The molecule has 1 fully saturated rings. The summed E-state index contributed by atoms with van der Waals surface area (Å²) in [5.41, 5.74) is -0.657. The summed E-state index contributed by atoms with van der Waals surface area (Å²) in [7, 11) is 3.38. The van der Waals surface area contributed by atoms with Gasteiger partial charge < -0.3 is 19.5 Å². The van der Waals surface area contributed by atoms with Gasteiger partial charge in [0.25, 0.3) is 0 Å². The minimum absolute atomic E-state index is 0.0241. The van der Waals surface area contributed by atoms with Gasteiger partial charge in [-0.05, 0) is 26.3 Å². The number of ether oxygens (including phenoxy) is 2. The zero-order chi connectivity index (χ0) is 13.1. The maximum atomic E-state index is 11.8. The molecular weight excluding hydrogens is 238 g/mol. The lowest BCUT2D eigenvalue weighted by molar-refractivity contribution is -0.0481. The van der Waals surface area contributed by atoms with E-state index < -0.39 is 5.60 Å². The molecule has 2 unspecified atom stereocenters. The lowest BCUT2D eigenvalue weighted by Crippen LogP contribution is -2.49. The van der Waals surface area contributed by atoms with Gasteiger partial charge in [0.2, 0.25) is 0 Å². The van der Waals surface area contributed by atoms with E-state index in [4.69, 9.17) is 14.6 Å². The second-order valence-electron chi connectivity index (χ2n) is 5.12. The number of rotatable bonds is 2. The average molecular weight is 258 g/mol. The smallest absolute Gasteiger partial charge is 0.410 e. The normalized spacial score (nSPS) is 23.4. The van der Waals surface area contributed by atoms with Crippen LogP contribution in [-0.2, 0) is 9.47 Å². The number of carbonyl (C=O) groups is 1. The molecule has 1 amide bonds. The van der Waals surface area contributed by atoms with E-state index in [1.807, 2.05) is 20.8 Å². The Labute approximate surface area is 105 Å². The van der Waals surface area contributed by atoms with Gasteiger partial charge in [-0.25, -0.2) is 4.79 Å². The van der Waals surface area contributed by atoms with Gasteiger partial charge >= 0.3 is 6.09 Å². The SMILES string of the molecule is CC(C)(C)OC(=O)N1CCOC(C([Si])CO)C1. The first-order chi connectivity index (χ1) is 7.83. The van der Waals surface area contributed by atoms with E-state index >= 15 is 0 Å². The zero-order valence-electron chi connectivity index (χ0n) is 10.6. The highest BCUT2D eigenvalue weighted by Gasteiger charge is 2.30. The fraction of sp³-hybridized carbons (Fsp3) is 0.909. The molecule has 0 aromatic carbocycles. The Balaban J connectivity index is 2.52. The molecule has 0 bridgehead atoms. The minimum atomic E-state index is -0.491. The molecule has 3 radical (unpaired) electrons. The van der Waals surface area contributed by atoms with Crippen LogP contribution in [0.5, 0.6) is 0 Å². The number of morpholine rings is 1. The lowest BCUT2D eigenvalue weighted by Gasteiger charge is -2.36. The van der Waals surface area contributed by atoms with Gasteiger partial charge in [-0.3, -0.25) is 0 Å². The van der Waals surface area contributed by atoms with Gasteiger partial charge in [0.15, 0.2) is 0 Å². The second-order valence-corrected chi connectivity index (χ2v) is 5.87. The van der Waals surface area contributed by atoms with Crippen molar-refractivity contribution in [1.82, 2.24) is 4.90 Å². The first-order valence-electron chi connectivity index (χ1n) is 5.75. The van der Waals surface area contributed by atoms with Crippen molar-refractivity contribution >= 4 is 16.3 Å². The van der Waals surface area contributed by atoms with Crippen LogP contribution in [0.2, 0.25) is 5.54 Å². The molecular formula is C11H20NO4Si. The van der Waals surface area contributed by atoms with Crippen molar-refractivity contribution in [2.24, 2.45) is 0 Å². The summed E-state index contributed by atoms with van der Waals surface area (Å²) in [5.74, 6) is 0. The van der Waals surface area contributed by atoms with Crippen molar-refractivity contribution in [3.05, 3.63) is 0 Å². The molecule has 1 rings (SSSR count). The van der Waals surface area contributed by atoms with E-state index in [0.29, 0.717) is 19.7 Å². The van der Waals surface area contributed by atoms with E-state index in [1.165, 1.54) is 0 Å². The van der Waals surface area contributed by atoms with Gasteiger partial charge in [-0.2, -0.15) is 0 Å². The van der Waals surface area contributed by atoms with Gasteiger partial charge in [-0.15, -0.1) is 0 Å². The maximum Gasteiger partial charge on any atom is 0.410 e. The van der Waals surface area contributed by atoms with Gasteiger partial charge in [-0.1, -0.05) is 0 Å². The number of hydrogen-bond donors (Lipinski definition) is 1. The Morgan fingerprint density at radius 1 is 1.65 bits per heavy atom. The molecule has 17 heavy (non-hydrogen) atoms. The van der Waals surface area contributed by atoms with E-state index in [9.17, 15) is 4.79 Å². The summed E-state index contributed by atoms with van der Waals surface area (Å²) >= 11 is 0. The molecule has 1 N–H and O–H groups in total. The van der Waals surface area contributed by atoms with Crippen LogP contribution < -0.4 is 0 Å². The predicted molar refractivity (Wildman–Crippen MR) is 64.1 cm³/mol. The fourth-order valence-electron chi connectivity index (χ4n) is 1.53. The van der Waals surface area contributed by atoms with Crippen LogP contribution in [0.1, 0.15) is 20.8 Å². The van der Waals surface area contributed by atoms with Crippen LogP contribution in [0.3, 0.4) is 0 Å². The van der Waals surface area contributed by atoms with E-state index in [2.05, 4.69) is 10.2 Å². The monoisotopic (exact) mass is 258 g/mol. The van der Waals surface area contributed by atoms with E-state index in [-0.39, 0.29) is 24.3 Å². The Kier molecular flexibility index (Phi) is 4.97. The molecule has 5 nitrogen and oxygen atoms in total. The number of aliphatic hydroxyl groups is 1. The molecule has 0 aromatic rings. The van der Waals surface area contributed by atoms with Gasteiger partial charge in [0.05, 0.1) is 19.3 Å². The molecule has 2 atom stereocenters. The molecule has 97 valence electrons. The topological polar surface area (TPSA) is 59.0 Å². The lowest BCUT2D eigenvalue weighted by atomic mass is 10.2. The standard InChI is InChI=1S/C11H20NO4Si/c1-11(2,3)16-10(14)12-4-5-15-8(6-12)9(17)7-13/h8-9,13H,4-7H2,1-3H3. The average Bonchev–Trinajstić information content (AvgIpc) is 2.26. The quantitative estimate of drug-likeness (QED) is 0.736. The van der Waals surface area contributed by atoms with Crippen LogP contribution in [0.15, 0.2) is 0 Å². The molecule has 0 saturated carbocycles. The van der Waals surface area contributed by atoms with Crippen molar-refractivity contribution in [2.45, 2.75) is 38.0 Å². The molecule has 1 aliphatic rings. The van der Waals surface area contributed by atoms with Crippen LogP contribution in [0.4, 0.5) is 4.79 Å². The Hall–Kier alpha value is -0.593. The highest BCUT2D eigenvalue weighted by molar-refractivity contribution is 6.12. The fourth-order valence-corrected chi connectivity index (χ4v) is 1.73.